The molecule has 1 fully saturated rings. The monoisotopic (exact) mass is 285 g/mol. The summed E-state index contributed by atoms with van der Waals surface area (Å²) in [5, 5.41) is 2.99. The van der Waals surface area contributed by atoms with E-state index < -0.39 is 0 Å². The van der Waals surface area contributed by atoms with Gasteiger partial charge in [0, 0.05) is 38.8 Å². The van der Waals surface area contributed by atoms with Gasteiger partial charge in [0.15, 0.2) is 0 Å². The number of nitrogens with one attached hydrogen (secondary N) is 1. The van der Waals surface area contributed by atoms with Gasteiger partial charge in [-0.25, -0.2) is 0 Å². The molecule has 0 saturated carbocycles. The lowest BCUT2D eigenvalue weighted by Gasteiger charge is -2.38. The molecule has 0 bridgehead atoms. The molecule has 1 aliphatic rings. The molecular formula is C14H27N3O3. The molecule has 1 rings (SSSR count). The third-order valence-corrected chi connectivity index (χ3v) is 3.36. The summed E-state index contributed by atoms with van der Waals surface area (Å²) < 4.78 is 4.86. The first-order chi connectivity index (χ1) is 9.24. The van der Waals surface area contributed by atoms with Gasteiger partial charge in [-0.2, -0.15) is 0 Å². The highest BCUT2D eigenvalue weighted by Crippen LogP contribution is 2.09. The van der Waals surface area contributed by atoms with Crippen LogP contribution in [0.1, 0.15) is 27.7 Å². The summed E-state index contributed by atoms with van der Waals surface area (Å²) in [6.07, 6.45) is 0. The lowest BCUT2D eigenvalue weighted by atomic mass is 10.1. The third kappa shape index (κ3) is 5.09. The number of hydrogen-bond acceptors (Lipinski definition) is 4. The third-order valence-electron chi connectivity index (χ3n) is 3.36. The highest BCUT2D eigenvalue weighted by atomic mass is 16.5. The molecule has 1 saturated heterocycles. The van der Waals surface area contributed by atoms with Crippen molar-refractivity contribution in [3.8, 4) is 0 Å². The smallest absolute Gasteiger partial charge is 0.248 e. The van der Waals surface area contributed by atoms with E-state index >= 15 is 0 Å². The van der Waals surface area contributed by atoms with Crippen molar-refractivity contribution < 1.29 is 14.3 Å². The summed E-state index contributed by atoms with van der Waals surface area (Å²) in [4.78, 5) is 27.7. The number of amides is 2. The quantitative estimate of drug-likeness (QED) is 0.794. The van der Waals surface area contributed by atoms with Gasteiger partial charge in [0.1, 0.15) is 6.61 Å². The van der Waals surface area contributed by atoms with Crippen molar-refractivity contribution in [3.05, 3.63) is 0 Å². The van der Waals surface area contributed by atoms with E-state index in [2.05, 4.69) is 10.2 Å². The van der Waals surface area contributed by atoms with E-state index in [0.29, 0.717) is 26.2 Å². The first-order valence-electron chi connectivity index (χ1n) is 7.07. The maximum absolute atomic E-state index is 12.1. The Labute approximate surface area is 121 Å². The van der Waals surface area contributed by atoms with Crippen molar-refractivity contribution in [2.75, 3.05) is 39.9 Å². The molecule has 6 nitrogen and oxygen atoms in total. The summed E-state index contributed by atoms with van der Waals surface area (Å²) in [5.74, 6) is 0.0492. The zero-order chi connectivity index (χ0) is 15.3. The molecule has 6 heteroatoms. The molecule has 2 amide bonds. The van der Waals surface area contributed by atoms with Gasteiger partial charge in [-0.05, 0) is 27.7 Å². The first kappa shape index (κ1) is 16.9. The van der Waals surface area contributed by atoms with Crippen molar-refractivity contribution in [2.45, 2.75) is 39.3 Å². The number of methoxy groups -OCH3 is 1. The molecule has 0 aromatic carbocycles. The fraction of sp³-hybridized carbons (Fsp3) is 0.857. The van der Waals surface area contributed by atoms with E-state index in [-0.39, 0.29) is 30.0 Å². The molecule has 0 spiro atoms. The van der Waals surface area contributed by atoms with Crippen LogP contribution in [0.25, 0.3) is 0 Å². The summed E-state index contributed by atoms with van der Waals surface area (Å²) in [5.41, 5.74) is -0.221. The topological polar surface area (TPSA) is 61.9 Å². The zero-order valence-corrected chi connectivity index (χ0v) is 13.2. The minimum atomic E-state index is -0.221. The maximum atomic E-state index is 12.1. The van der Waals surface area contributed by atoms with Crippen molar-refractivity contribution in [1.82, 2.24) is 15.1 Å². The van der Waals surface area contributed by atoms with Gasteiger partial charge in [-0.15, -0.1) is 0 Å². The molecule has 0 aromatic heterocycles. The molecule has 1 N–H and O–H groups in total. The van der Waals surface area contributed by atoms with Gasteiger partial charge in [0.25, 0.3) is 0 Å². The van der Waals surface area contributed by atoms with Crippen molar-refractivity contribution >= 4 is 11.8 Å². The number of carbonyl (C=O) groups excluding carboxylic acids is 2. The van der Waals surface area contributed by atoms with Crippen LogP contribution in [0.5, 0.6) is 0 Å². The van der Waals surface area contributed by atoms with Crippen LogP contribution in [-0.2, 0) is 14.3 Å². The summed E-state index contributed by atoms with van der Waals surface area (Å²) in [6.45, 7) is 10.7. The Morgan fingerprint density at radius 1 is 1.20 bits per heavy atom. The Morgan fingerprint density at radius 3 is 2.20 bits per heavy atom. The molecule has 1 aliphatic heterocycles. The molecule has 116 valence electrons. The summed E-state index contributed by atoms with van der Waals surface area (Å²) in [6, 6.07) is -0.172. The van der Waals surface area contributed by atoms with Crippen LogP contribution in [0, 0.1) is 0 Å². The highest BCUT2D eigenvalue weighted by Gasteiger charge is 2.28. The second-order valence-electron chi connectivity index (χ2n) is 6.26. The molecule has 1 heterocycles. The van der Waals surface area contributed by atoms with E-state index in [0.717, 1.165) is 0 Å². The minimum Gasteiger partial charge on any atom is -0.375 e. The number of hydrogen-bond donors (Lipinski definition) is 1. The van der Waals surface area contributed by atoms with Crippen LogP contribution in [0.3, 0.4) is 0 Å². The van der Waals surface area contributed by atoms with Crippen LogP contribution >= 0.6 is 0 Å². The SMILES string of the molecule is COCC(=O)N1CCN([C@H](C)C(=O)NC(C)(C)C)CC1. The summed E-state index contributed by atoms with van der Waals surface area (Å²) >= 11 is 0. The predicted molar refractivity (Wildman–Crippen MR) is 77.4 cm³/mol. The average molecular weight is 285 g/mol. The van der Waals surface area contributed by atoms with Gasteiger partial charge < -0.3 is 15.0 Å². The Morgan fingerprint density at radius 2 is 1.75 bits per heavy atom. The molecule has 0 unspecified atom stereocenters. The molecule has 0 aliphatic carbocycles. The average Bonchev–Trinajstić information content (AvgIpc) is 2.36. The minimum absolute atomic E-state index is 0.0129. The predicted octanol–water partition coefficient (Wildman–Crippen LogP) is 0.0802. The van der Waals surface area contributed by atoms with Crippen LogP contribution in [0.15, 0.2) is 0 Å². The molecule has 0 aromatic rings. The Kier molecular flexibility index (Phi) is 5.95. The van der Waals surface area contributed by atoms with Gasteiger partial charge >= 0.3 is 0 Å². The highest BCUT2D eigenvalue weighted by molar-refractivity contribution is 5.82. The fourth-order valence-corrected chi connectivity index (χ4v) is 2.21. The van der Waals surface area contributed by atoms with Gasteiger partial charge in [-0.1, -0.05) is 0 Å². The van der Waals surface area contributed by atoms with Gasteiger partial charge in [0.05, 0.1) is 6.04 Å². The van der Waals surface area contributed by atoms with E-state index in [1.54, 1.807) is 4.90 Å². The lowest BCUT2D eigenvalue weighted by Crippen LogP contribution is -2.57. The molecule has 1 atom stereocenters. The normalized spacial score (nSPS) is 18.8. The Hall–Kier alpha value is -1.14. The second kappa shape index (κ2) is 7.04. The van der Waals surface area contributed by atoms with Gasteiger partial charge in [0.2, 0.25) is 11.8 Å². The van der Waals surface area contributed by atoms with Gasteiger partial charge in [-0.3, -0.25) is 14.5 Å². The number of nitrogens with zero attached hydrogens (tertiary/aromatic N) is 2. The largest absolute Gasteiger partial charge is 0.375 e. The number of carbonyl (C=O) groups is 2. The first-order valence-corrected chi connectivity index (χ1v) is 7.07. The Balaban J connectivity index is 2.44. The lowest BCUT2D eigenvalue weighted by molar-refractivity contribution is -0.137. The van der Waals surface area contributed by atoms with Crippen molar-refractivity contribution in [3.63, 3.8) is 0 Å². The standard InChI is InChI=1S/C14H27N3O3/c1-11(13(19)15-14(2,3)4)16-6-8-17(9-7-16)12(18)10-20-5/h11H,6-10H2,1-5H3,(H,15,19)/t11-/m1/s1. The number of piperazine rings is 1. The maximum Gasteiger partial charge on any atom is 0.248 e. The zero-order valence-electron chi connectivity index (χ0n) is 13.2. The van der Waals surface area contributed by atoms with Crippen LogP contribution < -0.4 is 5.32 Å². The van der Waals surface area contributed by atoms with E-state index in [9.17, 15) is 9.59 Å². The van der Waals surface area contributed by atoms with Crippen LogP contribution in [0.2, 0.25) is 0 Å². The summed E-state index contributed by atoms with van der Waals surface area (Å²) in [7, 11) is 1.52. The van der Waals surface area contributed by atoms with Crippen molar-refractivity contribution in [1.29, 1.82) is 0 Å². The van der Waals surface area contributed by atoms with Crippen LogP contribution in [0.4, 0.5) is 0 Å². The molecule has 0 radical (unpaired) electrons. The Bertz CT molecular complexity index is 344. The number of rotatable bonds is 4. The van der Waals surface area contributed by atoms with E-state index in [4.69, 9.17) is 4.74 Å². The molecule has 20 heavy (non-hydrogen) atoms. The fourth-order valence-electron chi connectivity index (χ4n) is 2.21. The molecular weight excluding hydrogens is 258 g/mol. The van der Waals surface area contributed by atoms with Crippen molar-refractivity contribution in [2.24, 2.45) is 0 Å². The van der Waals surface area contributed by atoms with Crippen LogP contribution in [-0.4, -0.2) is 73.1 Å². The number of ether oxygens (including phenoxy) is 1. The second-order valence-corrected chi connectivity index (χ2v) is 6.26. The van der Waals surface area contributed by atoms with E-state index in [1.165, 1.54) is 7.11 Å². The van der Waals surface area contributed by atoms with E-state index in [1.807, 2.05) is 27.7 Å².